The SMILES string of the molecule is CC1CCC2(CCCC2)OC1. The van der Waals surface area contributed by atoms with E-state index in [-0.39, 0.29) is 0 Å². The molecule has 0 aromatic carbocycles. The second-order valence-electron chi connectivity index (χ2n) is 4.34. The van der Waals surface area contributed by atoms with Crippen molar-refractivity contribution >= 4 is 0 Å². The van der Waals surface area contributed by atoms with E-state index in [0.717, 1.165) is 12.5 Å². The largest absolute Gasteiger partial charge is 0.375 e. The van der Waals surface area contributed by atoms with Gasteiger partial charge in [-0.2, -0.15) is 0 Å². The smallest absolute Gasteiger partial charge is 0.0682 e. The summed E-state index contributed by atoms with van der Waals surface area (Å²) in [6.07, 6.45) is 8.18. The number of ether oxygens (including phenoxy) is 1. The lowest BCUT2D eigenvalue weighted by Gasteiger charge is -2.36. The second-order valence-corrected chi connectivity index (χ2v) is 4.34. The molecule has 1 heteroatoms. The monoisotopic (exact) mass is 154 g/mol. The van der Waals surface area contributed by atoms with Crippen molar-refractivity contribution in [2.45, 2.75) is 51.0 Å². The Labute approximate surface area is 69.1 Å². The summed E-state index contributed by atoms with van der Waals surface area (Å²) in [5.74, 6) is 0.807. The van der Waals surface area contributed by atoms with Gasteiger partial charge in [-0.1, -0.05) is 19.8 Å². The molecule has 1 saturated heterocycles. The molecule has 1 spiro atoms. The van der Waals surface area contributed by atoms with Gasteiger partial charge in [0.05, 0.1) is 5.60 Å². The highest BCUT2D eigenvalue weighted by Crippen LogP contribution is 2.40. The van der Waals surface area contributed by atoms with Crippen LogP contribution in [0.2, 0.25) is 0 Å². The van der Waals surface area contributed by atoms with Gasteiger partial charge in [0.1, 0.15) is 0 Å². The first-order valence-electron chi connectivity index (χ1n) is 4.95. The summed E-state index contributed by atoms with van der Waals surface area (Å²) in [7, 11) is 0. The maximum absolute atomic E-state index is 5.94. The summed E-state index contributed by atoms with van der Waals surface area (Å²) in [4.78, 5) is 0. The molecule has 1 nitrogen and oxygen atoms in total. The zero-order valence-corrected chi connectivity index (χ0v) is 7.44. The Hall–Kier alpha value is -0.0400. The van der Waals surface area contributed by atoms with Crippen molar-refractivity contribution in [3.63, 3.8) is 0 Å². The number of hydrogen-bond donors (Lipinski definition) is 0. The highest BCUT2D eigenvalue weighted by Gasteiger charge is 2.37. The van der Waals surface area contributed by atoms with Gasteiger partial charge in [0.2, 0.25) is 0 Å². The van der Waals surface area contributed by atoms with E-state index in [4.69, 9.17) is 4.74 Å². The van der Waals surface area contributed by atoms with Gasteiger partial charge >= 0.3 is 0 Å². The molecule has 11 heavy (non-hydrogen) atoms. The van der Waals surface area contributed by atoms with Gasteiger partial charge in [-0.25, -0.2) is 0 Å². The lowest BCUT2D eigenvalue weighted by molar-refractivity contribution is -0.0925. The van der Waals surface area contributed by atoms with Crippen LogP contribution in [0, 0.1) is 5.92 Å². The van der Waals surface area contributed by atoms with E-state index in [9.17, 15) is 0 Å². The summed E-state index contributed by atoms with van der Waals surface area (Å²) in [6.45, 7) is 3.31. The van der Waals surface area contributed by atoms with E-state index in [1.807, 2.05) is 0 Å². The Morgan fingerprint density at radius 1 is 1.18 bits per heavy atom. The van der Waals surface area contributed by atoms with Crippen LogP contribution in [0.1, 0.15) is 45.4 Å². The van der Waals surface area contributed by atoms with Crippen LogP contribution in [0.25, 0.3) is 0 Å². The van der Waals surface area contributed by atoms with Gasteiger partial charge in [-0.15, -0.1) is 0 Å². The first kappa shape index (κ1) is 7.60. The summed E-state index contributed by atoms with van der Waals surface area (Å²) < 4.78 is 5.94. The fourth-order valence-corrected chi connectivity index (χ4v) is 2.40. The third kappa shape index (κ3) is 1.44. The average molecular weight is 154 g/mol. The molecule has 1 saturated carbocycles. The summed E-state index contributed by atoms with van der Waals surface area (Å²) in [5.41, 5.74) is 0.354. The first-order valence-corrected chi connectivity index (χ1v) is 4.95. The van der Waals surface area contributed by atoms with Crippen molar-refractivity contribution in [1.29, 1.82) is 0 Å². The molecular weight excluding hydrogens is 136 g/mol. The zero-order chi connectivity index (χ0) is 7.73. The zero-order valence-electron chi connectivity index (χ0n) is 7.44. The van der Waals surface area contributed by atoms with E-state index in [0.29, 0.717) is 5.60 Å². The Morgan fingerprint density at radius 3 is 2.45 bits per heavy atom. The van der Waals surface area contributed by atoms with E-state index in [1.54, 1.807) is 0 Å². The van der Waals surface area contributed by atoms with Crippen LogP contribution in [0.15, 0.2) is 0 Å². The first-order chi connectivity index (χ1) is 5.31. The predicted octanol–water partition coefficient (Wildman–Crippen LogP) is 2.75. The molecule has 1 aliphatic heterocycles. The van der Waals surface area contributed by atoms with Gasteiger partial charge in [0.15, 0.2) is 0 Å². The van der Waals surface area contributed by atoms with Crippen LogP contribution in [-0.2, 0) is 4.74 Å². The minimum absolute atomic E-state index is 0.354. The fourth-order valence-electron chi connectivity index (χ4n) is 2.40. The molecule has 1 heterocycles. The van der Waals surface area contributed by atoms with Crippen LogP contribution >= 0.6 is 0 Å². The van der Waals surface area contributed by atoms with Crippen molar-refractivity contribution in [3.8, 4) is 0 Å². The molecule has 1 unspecified atom stereocenters. The lowest BCUT2D eigenvalue weighted by Crippen LogP contribution is -2.35. The highest BCUT2D eigenvalue weighted by atomic mass is 16.5. The maximum atomic E-state index is 5.94. The van der Waals surface area contributed by atoms with Crippen molar-refractivity contribution in [2.24, 2.45) is 5.92 Å². The van der Waals surface area contributed by atoms with Crippen molar-refractivity contribution in [2.75, 3.05) is 6.61 Å². The van der Waals surface area contributed by atoms with Gasteiger partial charge in [-0.05, 0) is 31.6 Å². The summed E-state index contributed by atoms with van der Waals surface area (Å²) in [5, 5.41) is 0. The van der Waals surface area contributed by atoms with E-state index < -0.39 is 0 Å². The normalized spacial score (nSPS) is 36.3. The molecule has 2 fully saturated rings. The minimum Gasteiger partial charge on any atom is -0.375 e. The fraction of sp³-hybridized carbons (Fsp3) is 1.00. The third-order valence-electron chi connectivity index (χ3n) is 3.28. The summed E-state index contributed by atoms with van der Waals surface area (Å²) >= 11 is 0. The minimum atomic E-state index is 0.354. The van der Waals surface area contributed by atoms with Crippen molar-refractivity contribution < 1.29 is 4.74 Å². The average Bonchev–Trinajstić information content (AvgIpc) is 2.45. The van der Waals surface area contributed by atoms with Gasteiger partial charge in [0, 0.05) is 6.61 Å². The van der Waals surface area contributed by atoms with Gasteiger partial charge < -0.3 is 4.74 Å². The van der Waals surface area contributed by atoms with Crippen molar-refractivity contribution in [1.82, 2.24) is 0 Å². The molecule has 0 radical (unpaired) electrons. The number of rotatable bonds is 0. The lowest BCUT2D eigenvalue weighted by atomic mass is 9.88. The molecule has 0 aromatic rings. The topological polar surface area (TPSA) is 9.23 Å². The van der Waals surface area contributed by atoms with Gasteiger partial charge in [-0.3, -0.25) is 0 Å². The molecule has 2 rings (SSSR count). The molecule has 0 amide bonds. The molecule has 0 N–H and O–H groups in total. The van der Waals surface area contributed by atoms with E-state index in [1.165, 1.54) is 38.5 Å². The molecule has 64 valence electrons. The summed E-state index contributed by atoms with van der Waals surface area (Å²) in [6, 6.07) is 0. The number of hydrogen-bond acceptors (Lipinski definition) is 1. The molecule has 1 aliphatic carbocycles. The highest BCUT2D eigenvalue weighted by molar-refractivity contribution is 4.89. The van der Waals surface area contributed by atoms with Crippen LogP contribution in [0.5, 0.6) is 0 Å². The Morgan fingerprint density at radius 2 is 1.91 bits per heavy atom. The van der Waals surface area contributed by atoms with E-state index in [2.05, 4.69) is 6.92 Å². The molecule has 2 aliphatic rings. The molecule has 0 aromatic heterocycles. The Balaban J connectivity index is 1.94. The Kier molecular flexibility index (Phi) is 1.92. The Bertz CT molecular complexity index is 126. The standard InChI is InChI=1S/C10H18O/c1-9-4-7-10(11-8-9)5-2-3-6-10/h9H,2-8H2,1H3. The predicted molar refractivity (Wildman–Crippen MR) is 45.5 cm³/mol. The quantitative estimate of drug-likeness (QED) is 0.521. The molecular formula is C10H18O. The maximum Gasteiger partial charge on any atom is 0.0682 e. The molecule has 1 atom stereocenters. The molecule has 0 bridgehead atoms. The van der Waals surface area contributed by atoms with Gasteiger partial charge in [0.25, 0.3) is 0 Å². The van der Waals surface area contributed by atoms with Crippen molar-refractivity contribution in [3.05, 3.63) is 0 Å². The van der Waals surface area contributed by atoms with Crippen LogP contribution in [-0.4, -0.2) is 12.2 Å². The van der Waals surface area contributed by atoms with E-state index >= 15 is 0 Å². The third-order valence-corrected chi connectivity index (χ3v) is 3.28. The van der Waals surface area contributed by atoms with Crippen LogP contribution < -0.4 is 0 Å². The van der Waals surface area contributed by atoms with Crippen LogP contribution in [0.3, 0.4) is 0 Å². The second kappa shape index (κ2) is 2.78. The van der Waals surface area contributed by atoms with Crippen LogP contribution in [0.4, 0.5) is 0 Å².